The predicted octanol–water partition coefficient (Wildman–Crippen LogP) is 6.35. The molecule has 384 valence electrons. The topological polar surface area (TPSA) is 184 Å². The van der Waals surface area contributed by atoms with Crippen molar-refractivity contribution in [1.82, 2.24) is 54.6 Å². The number of pyridine rings is 1. The molecular weight excluding hydrogens is 963 g/mol. The number of likely N-dealkylation sites (N-methyl/N-ethyl adjacent to an activating group) is 1. The van der Waals surface area contributed by atoms with Gasteiger partial charge in [-0.05, 0) is 99.9 Å². The van der Waals surface area contributed by atoms with Crippen molar-refractivity contribution in [2.24, 2.45) is 5.92 Å². The fraction of sp³-hybridized carbons (Fsp3) is 0.418. The summed E-state index contributed by atoms with van der Waals surface area (Å²) >= 11 is 6.70. The second-order valence-electron chi connectivity index (χ2n) is 20.9. The summed E-state index contributed by atoms with van der Waals surface area (Å²) in [5.41, 5.74) is 3.08. The van der Waals surface area contributed by atoms with Crippen LogP contribution < -0.4 is 20.6 Å². The van der Waals surface area contributed by atoms with E-state index in [2.05, 4.69) is 42.2 Å². The Morgan fingerprint density at radius 1 is 0.878 bits per heavy atom. The number of carbonyl (C=O) groups excluding carboxylic acids is 1. The highest BCUT2D eigenvalue weighted by molar-refractivity contribution is 6.36. The molecule has 5 saturated heterocycles. The van der Waals surface area contributed by atoms with Crippen LogP contribution in [0, 0.1) is 18.7 Å². The van der Waals surface area contributed by atoms with Crippen LogP contribution in [0.15, 0.2) is 83.8 Å². The molecule has 2 unspecified atom stereocenters. The van der Waals surface area contributed by atoms with Gasteiger partial charge in [0.1, 0.15) is 35.1 Å². The van der Waals surface area contributed by atoms with Gasteiger partial charge in [0.15, 0.2) is 11.6 Å². The Kier molecular flexibility index (Phi) is 13.0. The molecule has 4 atom stereocenters. The van der Waals surface area contributed by atoms with Gasteiger partial charge < -0.3 is 30.1 Å². The van der Waals surface area contributed by atoms with Crippen LogP contribution in [-0.2, 0) is 11.3 Å². The Labute approximate surface area is 432 Å². The van der Waals surface area contributed by atoms with Crippen LogP contribution in [-0.4, -0.2) is 162 Å². The number of aromatic amines is 1. The predicted molar refractivity (Wildman–Crippen MR) is 282 cm³/mol. The average molecular weight is 1020 g/mol. The number of likely N-dealkylation sites (tertiary alicyclic amines) is 2. The number of H-pyrrole nitrogens is 1. The Hall–Kier alpha value is -6.70. The van der Waals surface area contributed by atoms with E-state index in [-0.39, 0.29) is 52.4 Å². The quantitative estimate of drug-likeness (QED) is 0.113. The molecule has 74 heavy (non-hydrogen) atoms. The molecule has 0 aliphatic carbocycles. The number of piperazine rings is 2. The monoisotopic (exact) mass is 1020 g/mol. The lowest BCUT2D eigenvalue weighted by molar-refractivity contribution is -0.139. The van der Waals surface area contributed by atoms with Crippen LogP contribution in [0.3, 0.4) is 0 Å². The minimum Gasteiger partial charge on any atom is -0.508 e. The van der Waals surface area contributed by atoms with Gasteiger partial charge in [0.25, 0.3) is 0 Å². The lowest BCUT2D eigenvalue weighted by Crippen LogP contribution is -2.52. The Bertz CT molecular complexity index is 3300. The van der Waals surface area contributed by atoms with Crippen LogP contribution >= 0.6 is 11.6 Å². The molecule has 19 heteroatoms. The smallest absolute Gasteiger partial charge is 0.348 e. The molecule has 0 radical (unpaired) electrons. The number of aromatic hydroxyl groups is 2. The number of benzene rings is 4. The molecule has 4 N–H and O–H groups in total. The number of ether oxygens (including phenoxy) is 1. The highest BCUT2D eigenvalue weighted by atomic mass is 35.5. The highest BCUT2D eigenvalue weighted by Crippen LogP contribution is 2.39. The normalized spacial score (nSPS) is 22.1. The van der Waals surface area contributed by atoms with Crippen molar-refractivity contribution >= 4 is 45.0 Å². The van der Waals surface area contributed by atoms with E-state index in [1.54, 1.807) is 19.2 Å². The van der Waals surface area contributed by atoms with Crippen LogP contribution in [0.1, 0.15) is 43.2 Å². The molecule has 3 aromatic heterocycles. The number of phenolic OH excluding ortho intramolecular Hbond substituents is 2. The van der Waals surface area contributed by atoms with Gasteiger partial charge in [-0.3, -0.25) is 24.5 Å². The third kappa shape index (κ3) is 9.20. The molecule has 7 aromatic rings. The van der Waals surface area contributed by atoms with Gasteiger partial charge in [-0.15, -0.1) is 0 Å². The molecule has 5 aliphatic heterocycles. The first-order valence-electron chi connectivity index (χ1n) is 25.8. The van der Waals surface area contributed by atoms with Crippen molar-refractivity contribution in [2.45, 2.75) is 69.7 Å². The molecular formula is C55H60ClFN12O5. The summed E-state index contributed by atoms with van der Waals surface area (Å²) in [7, 11) is 2.13. The van der Waals surface area contributed by atoms with E-state index in [4.69, 9.17) is 31.3 Å². The van der Waals surface area contributed by atoms with E-state index in [1.807, 2.05) is 65.6 Å². The Morgan fingerprint density at radius 2 is 1.62 bits per heavy atom. The minimum absolute atomic E-state index is 0.00562. The first-order valence-corrected chi connectivity index (χ1v) is 26.2. The standard InChI is InChI=1S/C55H60ClFN12O5/c1-32-23-42(46(71)25-45(32)70)52-62-63-55(73)69(52)38-13-9-33(10-14-38)27-65-19-21-67(22-20-65)53(72)35-15-17-66(18-16-35)39-24-40(64(2)30-39)31-74-54-60-50-43(51(61-54)68-28-36-11-12-37(29-68)59-36)26-58-49(48(50)57)41-7-3-5-34-6-4-8-44(56)47(34)41/h3-10,13-14,23,25-26,35-37,39-40,59,70-71H,11-12,15-22,24,27-31H2,1-2H3,(H,63,73)/t36?,37?,39-,40-/m0/s1. The number of hydrogen-bond acceptors (Lipinski definition) is 14. The maximum absolute atomic E-state index is 17.0. The number of aromatic nitrogens is 6. The lowest BCUT2D eigenvalue weighted by atomic mass is 9.93. The van der Waals surface area contributed by atoms with Gasteiger partial charge in [-0.1, -0.05) is 54.1 Å². The largest absolute Gasteiger partial charge is 0.508 e. The van der Waals surface area contributed by atoms with E-state index in [9.17, 15) is 19.8 Å². The number of aryl methyl sites for hydroxylation is 1. The number of piperidine rings is 1. The molecule has 1 amide bonds. The van der Waals surface area contributed by atoms with Crippen molar-refractivity contribution in [2.75, 3.05) is 77.5 Å². The fourth-order valence-corrected chi connectivity index (χ4v) is 12.4. The Morgan fingerprint density at radius 3 is 2.38 bits per heavy atom. The molecule has 4 aromatic carbocycles. The van der Waals surface area contributed by atoms with E-state index < -0.39 is 11.5 Å². The van der Waals surface area contributed by atoms with Gasteiger partial charge >= 0.3 is 11.7 Å². The van der Waals surface area contributed by atoms with Crippen LogP contribution in [0.25, 0.3) is 50.0 Å². The van der Waals surface area contributed by atoms with Crippen LogP contribution in [0.2, 0.25) is 5.02 Å². The number of anilines is 1. The number of carbonyl (C=O) groups is 1. The number of halogens is 2. The molecule has 12 rings (SSSR count). The zero-order valence-electron chi connectivity index (χ0n) is 41.6. The van der Waals surface area contributed by atoms with Crippen molar-refractivity contribution in [1.29, 1.82) is 0 Å². The number of nitrogens with zero attached hydrogens (tertiary/aromatic N) is 10. The van der Waals surface area contributed by atoms with E-state index >= 15 is 4.39 Å². The summed E-state index contributed by atoms with van der Waals surface area (Å²) in [6.45, 7) is 9.80. The third-order valence-electron chi connectivity index (χ3n) is 16.2. The van der Waals surface area contributed by atoms with Crippen molar-refractivity contribution in [3.05, 3.63) is 111 Å². The van der Waals surface area contributed by atoms with Crippen molar-refractivity contribution in [3.8, 4) is 45.8 Å². The van der Waals surface area contributed by atoms with E-state index in [0.717, 1.165) is 94.3 Å². The number of hydrogen-bond donors (Lipinski definition) is 4. The number of phenols is 2. The van der Waals surface area contributed by atoms with Crippen molar-refractivity contribution in [3.63, 3.8) is 0 Å². The number of fused-ring (bicyclic) bond motifs is 4. The second kappa shape index (κ2) is 19.9. The molecule has 5 aliphatic rings. The minimum atomic E-state index is -0.530. The molecule has 0 saturated carbocycles. The maximum atomic E-state index is 17.0. The van der Waals surface area contributed by atoms with Crippen molar-refractivity contribution < 1.29 is 24.1 Å². The number of amides is 1. The highest BCUT2D eigenvalue weighted by Gasteiger charge is 2.39. The van der Waals surface area contributed by atoms with Gasteiger partial charge in [-0.2, -0.15) is 15.1 Å². The SMILES string of the molecule is Cc1cc(-c2n[nH]c(=O)n2-c2ccc(CN3CCN(C(=O)C4CCN([C@H]5C[C@@H](COc6nc(N7CC8CCC(C7)N8)c7cnc(-c8cccc9cccc(Cl)c89)c(F)c7n6)N(C)C5)CC4)CC3)cc2)c(O)cc1O. The second-order valence-corrected chi connectivity index (χ2v) is 21.3. The summed E-state index contributed by atoms with van der Waals surface area (Å²) in [5, 5.41) is 33.6. The summed E-state index contributed by atoms with van der Waals surface area (Å²) in [4.78, 5) is 52.7. The molecule has 2 bridgehead atoms. The van der Waals surface area contributed by atoms with E-state index in [1.165, 1.54) is 10.6 Å². The molecule has 8 heterocycles. The third-order valence-corrected chi connectivity index (χ3v) is 16.6. The lowest BCUT2D eigenvalue weighted by Gasteiger charge is -2.39. The average Bonchev–Trinajstić information content (AvgIpc) is 4.10. The van der Waals surface area contributed by atoms with Gasteiger partial charge in [0.05, 0.1) is 16.6 Å². The summed E-state index contributed by atoms with van der Waals surface area (Å²) in [6, 6.07) is 23.1. The zero-order chi connectivity index (χ0) is 50.8. The summed E-state index contributed by atoms with van der Waals surface area (Å²) < 4.78 is 24.9. The molecule has 0 spiro atoms. The van der Waals surface area contributed by atoms with Crippen LogP contribution in [0.4, 0.5) is 10.2 Å². The molecule has 5 fully saturated rings. The van der Waals surface area contributed by atoms with Gasteiger partial charge in [0.2, 0.25) is 5.91 Å². The molecule has 17 nitrogen and oxygen atoms in total. The first kappa shape index (κ1) is 48.3. The number of nitrogens with one attached hydrogen (secondary N) is 2. The zero-order valence-corrected chi connectivity index (χ0v) is 42.3. The van der Waals surface area contributed by atoms with E-state index in [0.29, 0.717) is 83.0 Å². The Balaban J connectivity index is 0.654. The first-order chi connectivity index (χ1) is 35.9. The summed E-state index contributed by atoms with van der Waals surface area (Å²) in [6.07, 6.45) is 6.44. The summed E-state index contributed by atoms with van der Waals surface area (Å²) in [5.74, 6) is 0.395. The number of rotatable bonds is 11. The van der Waals surface area contributed by atoms with Gasteiger partial charge in [-0.25, -0.2) is 18.9 Å². The van der Waals surface area contributed by atoms with Gasteiger partial charge in [0, 0.05) is 111 Å². The fourth-order valence-electron chi connectivity index (χ4n) is 12.1. The van der Waals surface area contributed by atoms with Crippen LogP contribution in [0.5, 0.6) is 17.5 Å². The maximum Gasteiger partial charge on any atom is 0.348 e.